The third-order valence-corrected chi connectivity index (χ3v) is 8.41. The lowest BCUT2D eigenvalue weighted by molar-refractivity contribution is 0.0997. The van der Waals surface area contributed by atoms with E-state index >= 15 is 0 Å². The van der Waals surface area contributed by atoms with Crippen molar-refractivity contribution in [1.29, 1.82) is 0 Å². The maximum atomic E-state index is 12.9. The van der Waals surface area contributed by atoms with Crippen molar-refractivity contribution in [2.24, 2.45) is 4.99 Å². The number of sulfonamides is 1. The molecular formula is C23H28ClN3O3S2. The first-order valence-electron chi connectivity index (χ1n) is 10.8. The first kappa shape index (κ1) is 24.6. The zero-order valence-corrected chi connectivity index (χ0v) is 20.9. The number of rotatable bonds is 9. The van der Waals surface area contributed by atoms with E-state index in [1.54, 1.807) is 0 Å². The molecule has 3 aromatic rings. The van der Waals surface area contributed by atoms with Gasteiger partial charge in [0.05, 0.1) is 15.1 Å². The molecule has 0 bridgehead atoms. The van der Waals surface area contributed by atoms with Gasteiger partial charge in [0, 0.05) is 30.2 Å². The highest BCUT2D eigenvalue weighted by Gasteiger charge is 2.22. The highest BCUT2D eigenvalue weighted by Crippen LogP contribution is 2.22. The third-order valence-electron chi connectivity index (χ3n) is 5.14. The van der Waals surface area contributed by atoms with Crippen molar-refractivity contribution in [3.63, 3.8) is 0 Å². The molecule has 1 amide bonds. The minimum absolute atomic E-state index is 0.185. The zero-order valence-electron chi connectivity index (χ0n) is 18.5. The smallest absolute Gasteiger partial charge is 0.279 e. The second-order valence-corrected chi connectivity index (χ2v) is 10.8. The van der Waals surface area contributed by atoms with E-state index in [2.05, 4.69) is 11.9 Å². The van der Waals surface area contributed by atoms with Crippen LogP contribution < -0.4 is 4.80 Å². The number of aromatic nitrogens is 1. The summed E-state index contributed by atoms with van der Waals surface area (Å²) in [5, 5.41) is 0.636. The fourth-order valence-corrected chi connectivity index (χ4v) is 6.24. The number of aryl methyl sites for hydroxylation is 1. The number of hydrogen-bond acceptors (Lipinski definition) is 4. The summed E-state index contributed by atoms with van der Waals surface area (Å²) in [6, 6.07) is 11.7. The second-order valence-electron chi connectivity index (χ2n) is 7.44. The molecule has 32 heavy (non-hydrogen) atoms. The highest BCUT2D eigenvalue weighted by atomic mass is 35.5. The molecule has 9 heteroatoms. The molecular weight excluding hydrogens is 466 g/mol. The van der Waals surface area contributed by atoms with Gasteiger partial charge >= 0.3 is 0 Å². The summed E-state index contributed by atoms with van der Waals surface area (Å²) in [6.45, 7) is 7.55. The Morgan fingerprint density at radius 3 is 2.44 bits per heavy atom. The topological polar surface area (TPSA) is 71.7 Å². The molecule has 0 saturated heterocycles. The zero-order chi connectivity index (χ0) is 23.3. The lowest BCUT2D eigenvalue weighted by Crippen LogP contribution is -2.31. The molecule has 0 atom stereocenters. The molecule has 172 valence electrons. The van der Waals surface area contributed by atoms with Gasteiger partial charge in [-0.1, -0.05) is 50.1 Å². The maximum Gasteiger partial charge on any atom is 0.279 e. The van der Waals surface area contributed by atoms with Crippen molar-refractivity contribution in [3.05, 3.63) is 57.9 Å². The first-order chi connectivity index (χ1) is 15.3. The molecule has 0 unspecified atom stereocenters. The Bertz CT molecular complexity index is 1260. The van der Waals surface area contributed by atoms with Crippen LogP contribution in [-0.2, 0) is 16.6 Å². The standard InChI is InChI=1S/C23H28ClN3O3S2/c1-4-7-15-26(6-3)32(29,30)19-11-8-17(9-12-19)22(28)25-23-27(14-5-2)20-13-10-18(24)16-21(20)31-23/h8-13,16H,4-7,14-15H2,1-3H3. The number of carbonyl (C=O) groups excluding carboxylic acids is 1. The summed E-state index contributed by atoms with van der Waals surface area (Å²) < 4.78 is 30.2. The molecule has 1 heterocycles. The lowest BCUT2D eigenvalue weighted by Gasteiger charge is -2.20. The number of thiazole rings is 1. The van der Waals surface area contributed by atoms with Crippen molar-refractivity contribution in [3.8, 4) is 0 Å². The lowest BCUT2D eigenvalue weighted by atomic mass is 10.2. The molecule has 0 fully saturated rings. The minimum atomic E-state index is -3.58. The Kier molecular flexibility index (Phi) is 8.27. The van der Waals surface area contributed by atoms with Gasteiger partial charge in [-0.3, -0.25) is 4.79 Å². The van der Waals surface area contributed by atoms with E-state index in [9.17, 15) is 13.2 Å². The first-order valence-corrected chi connectivity index (χ1v) is 13.4. The van der Waals surface area contributed by atoms with Crippen LogP contribution in [0.2, 0.25) is 5.02 Å². The number of carbonyl (C=O) groups is 1. The molecule has 0 aliphatic rings. The van der Waals surface area contributed by atoms with E-state index in [0.717, 1.165) is 36.0 Å². The van der Waals surface area contributed by atoms with Crippen molar-refractivity contribution in [1.82, 2.24) is 8.87 Å². The van der Waals surface area contributed by atoms with Crippen LogP contribution in [0.4, 0.5) is 0 Å². The molecule has 0 saturated carbocycles. The monoisotopic (exact) mass is 493 g/mol. The van der Waals surface area contributed by atoms with Crippen LogP contribution in [0.25, 0.3) is 10.2 Å². The Morgan fingerprint density at radius 1 is 1.09 bits per heavy atom. The largest absolute Gasteiger partial charge is 0.316 e. The number of nitrogens with zero attached hydrogens (tertiary/aromatic N) is 3. The molecule has 6 nitrogen and oxygen atoms in total. The van der Waals surface area contributed by atoms with Crippen molar-refractivity contribution < 1.29 is 13.2 Å². The average Bonchev–Trinajstić information content (AvgIpc) is 3.10. The fourth-order valence-electron chi connectivity index (χ4n) is 3.42. The van der Waals surface area contributed by atoms with Crippen LogP contribution >= 0.6 is 22.9 Å². The Balaban J connectivity index is 1.93. The summed E-state index contributed by atoms with van der Waals surface area (Å²) in [4.78, 5) is 18.0. The summed E-state index contributed by atoms with van der Waals surface area (Å²) in [6.07, 6.45) is 2.62. The molecule has 0 spiro atoms. The van der Waals surface area contributed by atoms with Crippen LogP contribution in [0.5, 0.6) is 0 Å². The third kappa shape index (κ3) is 5.31. The maximum absolute atomic E-state index is 12.9. The number of halogens is 1. The van der Waals surface area contributed by atoms with Gasteiger partial charge in [-0.2, -0.15) is 9.30 Å². The van der Waals surface area contributed by atoms with Crippen LogP contribution in [0, 0.1) is 0 Å². The molecule has 0 radical (unpaired) electrons. The van der Waals surface area contributed by atoms with Crippen LogP contribution in [-0.4, -0.2) is 36.3 Å². The van der Waals surface area contributed by atoms with Crippen molar-refractivity contribution in [2.45, 2.75) is 51.5 Å². The molecule has 1 aromatic heterocycles. The summed E-state index contributed by atoms with van der Waals surface area (Å²) in [5.41, 5.74) is 1.33. The van der Waals surface area contributed by atoms with Crippen LogP contribution in [0.3, 0.4) is 0 Å². The highest BCUT2D eigenvalue weighted by molar-refractivity contribution is 7.89. The van der Waals surface area contributed by atoms with Crippen LogP contribution in [0.1, 0.15) is 50.4 Å². The number of amides is 1. The summed E-state index contributed by atoms with van der Waals surface area (Å²) in [5.74, 6) is -0.408. The van der Waals surface area contributed by atoms with Gasteiger partial charge in [-0.25, -0.2) is 8.42 Å². The molecule has 3 rings (SSSR count). The van der Waals surface area contributed by atoms with Gasteiger partial charge in [0.2, 0.25) is 10.0 Å². The van der Waals surface area contributed by atoms with Crippen molar-refractivity contribution in [2.75, 3.05) is 13.1 Å². The van der Waals surface area contributed by atoms with Crippen molar-refractivity contribution >= 4 is 49.1 Å². The van der Waals surface area contributed by atoms with Gasteiger partial charge in [-0.15, -0.1) is 0 Å². The number of fused-ring (bicyclic) bond motifs is 1. The molecule has 2 aromatic carbocycles. The van der Waals surface area contributed by atoms with Gasteiger partial charge in [0.1, 0.15) is 0 Å². The Labute approximate surface area is 198 Å². The normalized spacial score (nSPS) is 12.7. The summed E-state index contributed by atoms with van der Waals surface area (Å²) >= 11 is 7.53. The average molecular weight is 494 g/mol. The van der Waals surface area contributed by atoms with Crippen LogP contribution in [0.15, 0.2) is 52.4 Å². The van der Waals surface area contributed by atoms with E-state index in [1.165, 1.54) is 39.9 Å². The van der Waals surface area contributed by atoms with E-state index in [-0.39, 0.29) is 4.90 Å². The van der Waals surface area contributed by atoms with E-state index in [4.69, 9.17) is 11.6 Å². The molecule has 0 aliphatic carbocycles. The fraction of sp³-hybridized carbons (Fsp3) is 0.391. The van der Waals surface area contributed by atoms with Gasteiger partial charge in [0.25, 0.3) is 5.91 Å². The van der Waals surface area contributed by atoms with Gasteiger partial charge < -0.3 is 4.57 Å². The number of benzene rings is 2. The van der Waals surface area contributed by atoms with E-state index in [1.807, 2.05) is 36.6 Å². The molecule has 0 aliphatic heterocycles. The van der Waals surface area contributed by atoms with Gasteiger partial charge in [-0.05, 0) is 55.3 Å². The van der Waals surface area contributed by atoms with E-state index < -0.39 is 15.9 Å². The second kappa shape index (κ2) is 10.7. The quantitative estimate of drug-likeness (QED) is 0.405. The minimum Gasteiger partial charge on any atom is -0.316 e. The Morgan fingerprint density at radius 2 is 1.81 bits per heavy atom. The summed E-state index contributed by atoms with van der Waals surface area (Å²) in [7, 11) is -3.58. The Hall–Kier alpha value is -2.00. The number of unbranched alkanes of at least 4 members (excludes halogenated alkanes) is 1. The molecule has 0 N–H and O–H groups in total. The SMILES string of the molecule is CCCCN(CC)S(=O)(=O)c1ccc(C(=O)N=c2sc3cc(Cl)ccc3n2CCC)cc1. The van der Waals surface area contributed by atoms with E-state index in [0.29, 0.717) is 28.5 Å². The number of hydrogen-bond donors (Lipinski definition) is 0. The predicted octanol–water partition coefficient (Wildman–Crippen LogP) is 5.32. The van der Waals surface area contributed by atoms with Gasteiger partial charge in [0.15, 0.2) is 4.80 Å². The predicted molar refractivity (Wildman–Crippen MR) is 131 cm³/mol.